The minimum absolute atomic E-state index is 0.270. The second-order valence-corrected chi connectivity index (χ2v) is 5.95. The van der Waals surface area contributed by atoms with Crippen molar-refractivity contribution >= 4 is 28.6 Å². The van der Waals surface area contributed by atoms with Crippen molar-refractivity contribution in [1.29, 1.82) is 0 Å². The smallest absolute Gasteiger partial charge is 0.319 e. The molecule has 0 fully saturated rings. The summed E-state index contributed by atoms with van der Waals surface area (Å²) in [6, 6.07) is 5.63. The van der Waals surface area contributed by atoms with E-state index in [1.807, 2.05) is 36.6 Å². The maximum Gasteiger partial charge on any atom is 0.319 e. The van der Waals surface area contributed by atoms with E-state index in [9.17, 15) is 4.79 Å². The molecular formula is C16H21ClN2O2. The van der Waals surface area contributed by atoms with Crippen molar-refractivity contribution in [3.05, 3.63) is 29.0 Å². The van der Waals surface area contributed by atoms with Crippen LogP contribution in [0.25, 0.3) is 11.0 Å². The maximum atomic E-state index is 12.3. The van der Waals surface area contributed by atoms with E-state index in [2.05, 4.69) is 11.9 Å². The topological polar surface area (TPSA) is 44.1 Å². The Morgan fingerprint density at radius 1 is 1.38 bits per heavy atom. The summed E-state index contributed by atoms with van der Waals surface area (Å²) in [4.78, 5) is 16.9. The fourth-order valence-corrected chi connectivity index (χ4v) is 2.73. The highest BCUT2D eigenvalue weighted by Crippen LogP contribution is 2.31. The molecule has 0 spiro atoms. The van der Waals surface area contributed by atoms with E-state index >= 15 is 0 Å². The molecule has 2 rings (SSSR count). The average Bonchev–Trinajstić information content (AvgIpc) is 2.80. The Morgan fingerprint density at radius 3 is 2.71 bits per heavy atom. The number of nitrogens with zero attached hydrogens (tertiary/aromatic N) is 2. The number of hydrogen-bond acceptors (Lipinski definition) is 3. The van der Waals surface area contributed by atoms with E-state index < -0.39 is 5.41 Å². The van der Waals surface area contributed by atoms with Gasteiger partial charge in [-0.1, -0.05) is 24.6 Å². The molecule has 0 aliphatic carbocycles. The Hall–Kier alpha value is -1.55. The first-order valence-corrected chi connectivity index (χ1v) is 7.63. The molecule has 21 heavy (non-hydrogen) atoms. The Kier molecular flexibility index (Phi) is 4.57. The lowest BCUT2D eigenvalue weighted by Gasteiger charge is -2.23. The third-order valence-corrected chi connectivity index (χ3v) is 3.81. The molecule has 0 aliphatic heterocycles. The van der Waals surface area contributed by atoms with Crippen molar-refractivity contribution in [2.24, 2.45) is 0 Å². The lowest BCUT2D eigenvalue weighted by atomic mass is 9.92. The van der Waals surface area contributed by atoms with Gasteiger partial charge >= 0.3 is 5.97 Å². The lowest BCUT2D eigenvalue weighted by Crippen LogP contribution is -2.34. The van der Waals surface area contributed by atoms with Crippen LogP contribution in [0.2, 0.25) is 5.02 Å². The van der Waals surface area contributed by atoms with Gasteiger partial charge in [-0.3, -0.25) is 4.79 Å². The second kappa shape index (κ2) is 6.06. The van der Waals surface area contributed by atoms with E-state index in [4.69, 9.17) is 16.3 Å². The van der Waals surface area contributed by atoms with Gasteiger partial charge in [0.2, 0.25) is 0 Å². The fourth-order valence-electron chi connectivity index (χ4n) is 2.46. The second-order valence-electron chi connectivity index (χ2n) is 5.54. The summed E-state index contributed by atoms with van der Waals surface area (Å²) < 4.78 is 7.23. The molecule has 0 saturated carbocycles. The maximum absolute atomic E-state index is 12.3. The van der Waals surface area contributed by atoms with E-state index in [1.165, 1.54) is 0 Å². The molecule has 1 aromatic carbocycles. The number of fused-ring (bicyclic) bond motifs is 1. The molecule has 5 heteroatoms. The van der Waals surface area contributed by atoms with Crippen molar-refractivity contribution in [2.75, 3.05) is 6.61 Å². The van der Waals surface area contributed by atoms with Gasteiger partial charge < -0.3 is 9.30 Å². The number of halogens is 1. The summed E-state index contributed by atoms with van der Waals surface area (Å²) in [7, 11) is 0. The molecule has 0 bridgehead atoms. The summed E-state index contributed by atoms with van der Waals surface area (Å²) in [6.45, 7) is 8.69. The van der Waals surface area contributed by atoms with Crippen LogP contribution in [-0.2, 0) is 21.5 Å². The van der Waals surface area contributed by atoms with Gasteiger partial charge in [-0.2, -0.15) is 0 Å². The normalized spacial score (nSPS) is 11.9. The summed E-state index contributed by atoms with van der Waals surface area (Å²) in [5.41, 5.74) is 0.879. The molecule has 0 saturated heterocycles. The van der Waals surface area contributed by atoms with Gasteiger partial charge in [0.15, 0.2) is 0 Å². The van der Waals surface area contributed by atoms with Crippen LogP contribution in [0.4, 0.5) is 0 Å². The first-order valence-electron chi connectivity index (χ1n) is 7.25. The van der Waals surface area contributed by atoms with Crippen molar-refractivity contribution in [2.45, 2.75) is 46.1 Å². The summed E-state index contributed by atoms with van der Waals surface area (Å²) in [5.74, 6) is 0.430. The number of carbonyl (C=O) groups excluding carboxylic acids is 1. The number of benzene rings is 1. The van der Waals surface area contributed by atoms with Crippen molar-refractivity contribution in [1.82, 2.24) is 9.55 Å². The number of carbonyl (C=O) groups is 1. The molecule has 0 N–H and O–H groups in total. The quantitative estimate of drug-likeness (QED) is 0.786. The fraction of sp³-hybridized carbons (Fsp3) is 0.500. The molecule has 0 radical (unpaired) electrons. The lowest BCUT2D eigenvalue weighted by molar-refractivity contribution is -0.149. The molecule has 0 unspecified atom stereocenters. The van der Waals surface area contributed by atoms with Gasteiger partial charge in [0.25, 0.3) is 0 Å². The summed E-state index contributed by atoms with van der Waals surface area (Å²) >= 11 is 6.33. The van der Waals surface area contributed by atoms with Gasteiger partial charge in [-0.25, -0.2) is 4.98 Å². The average molecular weight is 309 g/mol. The molecule has 4 nitrogen and oxygen atoms in total. The van der Waals surface area contributed by atoms with E-state index in [0.717, 1.165) is 24.0 Å². The minimum atomic E-state index is -0.812. The Bertz CT molecular complexity index is 662. The molecular weight excluding hydrogens is 288 g/mol. The van der Waals surface area contributed by atoms with Crippen LogP contribution in [0.3, 0.4) is 0 Å². The highest BCUT2D eigenvalue weighted by Gasteiger charge is 2.36. The van der Waals surface area contributed by atoms with E-state index in [1.54, 1.807) is 6.92 Å². The van der Waals surface area contributed by atoms with Crippen LogP contribution in [0, 0.1) is 0 Å². The molecule has 1 heterocycles. The first kappa shape index (κ1) is 15.8. The minimum Gasteiger partial charge on any atom is -0.465 e. The van der Waals surface area contributed by atoms with Gasteiger partial charge in [-0.05, 0) is 39.3 Å². The van der Waals surface area contributed by atoms with E-state index in [0.29, 0.717) is 17.5 Å². The van der Waals surface area contributed by atoms with Crippen LogP contribution in [0.1, 0.15) is 39.9 Å². The molecule has 2 aromatic rings. The Balaban J connectivity index is 2.65. The number of esters is 1. The SMILES string of the molecule is CCCn1c(C(C)(C)C(=O)OCC)nc2cccc(Cl)c21. The van der Waals surface area contributed by atoms with Crippen LogP contribution in [-0.4, -0.2) is 22.1 Å². The van der Waals surface area contributed by atoms with Crippen LogP contribution >= 0.6 is 11.6 Å². The zero-order valence-electron chi connectivity index (χ0n) is 12.9. The third-order valence-electron chi connectivity index (χ3n) is 3.51. The van der Waals surface area contributed by atoms with Crippen LogP contribution < -0.4 is 0 Å². The zero-order chi connectivity index (χ0) is 15.6. The largest absolute Gasteiger partial charge is 0.465 e. The first-order chi connectivity index (χ1) is 9.93. The number of para-hydroxylation sites is 1. The monoisotopic (exact) mass is 308 g/mol. The Morgan fingerprint density at radius 2 is 2.10 bits per heavy atom. The number of imidazole rings is 1. The number of rotatable bonds is 5. The molecule has 1 aromatic heterocycles. The van der Waals surface area contributed by atoms with Gasteiger partial charge in [0.05, 0.1) is 22.7 Å². The molecule has 114 valence electrons. The highest BCUT2D eigenvalue weighted by molar-refractivity contribution is 6.35. The zero-order valence-corrected chi connectivity index (χ0v) is 13.7. The van der Waals surface area contributed by atoms with Crippen molar-refractivity contribution < 1.29 is 9.53 Å². The van der Waals surface area contributed by atoms with Gasteiger partial charge in [0.1, 0.15) is 11.2 Å². The number of aromatic nitrogens is 2. The van der Waals surface area contributed by atoms with Crippen LogP contribution in [0.5, 0.6) is 0 Å². The highest BCUT2D eigenvalue weighted by atomic mass is 35.5. The summed E-state index contributed by atoms with van der Waals surface area (Å²) in [5, 5.41) is 0.652. The molecule has 0 aliphatic rings. The van der Waals surface area contributed by atoms with Gasteiger partial charge in [-0.15, -0.1) is 0 Å². The van der Waals surface area contributed by atoms with Crippen LogP contribution in [0.15, 0.2) is 18.2 Å². The predicted octanol–water partition coefficient (Wildman–Crippen LogP) is 3.94. The van der Waals surface area contributed by atoms with E-state index in [-0.39, 0.29) is 5.97 Å². The molecule has 0 amide bonds. The number of ether oxygens (including phenoxy) is 1. The number of hydrogen-bond donors (Lipinski definition) is 0. The molecule has 0 atom stereocenters. The third kappa shape index (κ3) is 2.77. The predicted molar refractivity (Wildman–Crippen MR) is 84.7 cm³/mol. The number of aryl methyl sites for hydroxylation is 1. The van der Waals surface area contributed by atoms with Crippen molar-refractivity contribution in [3.63, 3.8) is 0 Å². The van der Waals surface area contributed by atoms with Crippen molar-refractivity contribution in [3.8, 4) is 0 Å². The van der Waals surface area contributed by atoms with Gasteiger partial charge in [0, 0.05) is 6.54 Å². The summed E-state index contributed by atoms with van der Waals surface area (Å²) in [6.07, 6.45) is 0.933. The Labute approximate surface area is 130 Å². The standard InChI is InChI=1S/C16H21ClN2O2/c1-5-10-19-13-11(17)8-7-9-12(13)18-14(19)16(3,4)15(20)21-6-2/h7-9H,5-6,10H2,1-4H3.